The van der Waals surface area contributed by atoms with Crippen molar-refractivity contribution in [3.63, 3.8) is 0 Å². The van der Waals surface area contributed by atoms with E-state index in [1.54, 1.807) is 23.7 Å². The molecule has 0 spiro atoms. The summed E-state index contributed by atoms with van der Waals surface area (Å²) in [7, 11) is 1.97. The summed E-state index contributed by atoms with van der Waals surface area (Å²) in [6.07, 6.45) is 7.39. The van der Waals surface area contributed by atoms with Crippen LogP contribution in [0.2, 0.25) is 0 Å². The maximum atomic E-state index is 4.33. The Labute approximate surface area is 99.6 Å². The van der Waals surface area contributed by atoms with Crippen LogP contribution < -0.4 is 5.32 Å². The molecule has 0 aromatic carbocycles. The highest BCUT2D eigenvalue weighted by Gasteiger charge is 2.10. The minimum Gasteiger partial charge on any atom is -0.312 e. The molecule has 0 bridgehead atoms. The number of hydrogen-bond acceptors (Lipinski definition) is 4. The van der Waals surface area contributed by atoms with E-state index in [4.69, 9.17) is 0 Å². The smallest absolute Gasteiger partial charge is 0.0756 e. The summed E-state index contributed by atoms with van der Waals surface area (Å²) in [6, 6.07) is 2.46. The average Bonchev–Trinajstić information content (AvgIpc) is 2.84. The molecule has 1 N–H and O–H groups in total. The van der Waals surface area contributed by atoms with Crippen molar-refractivity contribution in [1.82, 2.24) is 15.3 Å². The molecular weight excluding hydrogens is 218 g/mol. The van der Waals surface area contributed by atoms with E-state index in [1.165, 1.54) is 5.56 Å². The monoisotopic (exact) mass is 233 g/mol. The zero-order valence-electron chi connectivity index (χ0n) is 9.26. The Bertz CT molecular complexity index is 399. The van der Waals surface area contributed by atoms with Crippen LogP contribution in [-0.2, 0) is 6.42 Å². The molecule has 2 aromatic heterocycles. The predicted octanol–water partition coefficient (Wildman–Crippen LogP) is 2.43. The van der Waals surface area contributed by atoms with Gasteiger partial charge in [0.2, 0.25) is 0 Å². The lowest BCUT2D eigenvalue weighted by molar-refractivity contribution is 0.534. The van der Waals surface area contributed by atoms with Crippen LogP contribution in [0.5, 0.6) is 0 Å². The molecule has 16 heavy (non-hydrogen) atoms. The van der Waals surface area contributed by atoms with Crippen molar-refractivity contribution in [1.29, 1.82) is 0 Å². The van der Waals surface area contributed by atoms with Gasteiger partial charge in [0.25, 0.3) is 0 Å². The average molecular weight is 233 g/mol. The Morgan fingerprint density at radius 3 is 3.00 bits per heavy atom. The van der Waals surface area contributed by atoms with Gasteiger partial charge in [0, 0.05) is 18.6 Å². The lowest BCUT2D eigenvalue weighted by atomic mass is 10.1. The summed E-state index contributed by atoms with van der Waals surface area (Å²) >= 11 is 1.75. The molecule has 84 valence electrons. The first-order chi connectivity index (χ1) is 7.90. The molecule has 0 saturated heterocycles. The normalized spacial score (nSPS) is 12.6. The first kappa shape index (κ1) is 11.2. The van der Waals surface area contributed by atoms with Crippen LogP contribution >= 0.6 is 11.3 Å². The van der Waals surface area contributed by atoms with E-state index in [0.717, 1.165) is 18.5 Å². The van der Waals surface area contributed by atoms with Gasteiger partial charge in [-0.3, -0.25) is 9.97 Å². The van der Waals surface area contributed by atoms with Gasteiger partial charge in [-0.1, -0.05) is 0 Å². The Balaban J connectivity index is 1.96. The third-order valence-electron chi connectivity index (χ3n) is 2.59. The summed E-state index contributed by atoms with van der Waals surface area (Å²) in [5.41, 5.74) is 2.41. The highest BCUT2D eigenvalue weighted by Crippen LogP contribution is 2.17. The maximum absolute atomic E-state index is 4.33. The van der Waals surface area contributed by atoms with Gasteiger partial charge < -0.3 is 5.32 Å². The SMILES string of the molecule is CNC(CCc1ccsc1)c1cnccn1. The Kier molecular flexibility index (Phi) is 4.02. The molecule has 3 nitrogen and oxygen atoms in total. The van der Waals surface area contributed by atoms with Gasteiger partial charge in [0.05, 0.1) is 11.7 Å². The van der Waals surface area contributed by atoms with Gasteiger partial charge in [-0.2, -0.15) is 11.3 Å². The molecule has 0 aliphatic carbocycles. The van der Waals surface area contributed by atoms with Crippen molar-refractivity contribution in [2.75, 3.05) is 7.05 Å². The lowest BCUT2D eigenvalue weighted by Gasteiger charge is -2.14. The van der Waals surface area contributed by atoms with E-state index in [0.29, 0.717) is 0 Å². The Morgan fingerprint density at radius 2 is 2.38 bits per heavy atom. The molecule has 0 aliphatic rings. The fraction of sp³-hybridized carbons (Fsp3) is 0.333. The number of aromatic nitrogens is 2. The minimum atomic E-state index is 0.286. The molecule has 2 heterocycles. The quantitative estimate of drug-likeness (QED) is 0.862. The van der Waals surface area contributed by atoms with Gasteiger partial charge in [-0.15, -0.1) is 0 Å². The molecule has 0 saturated carbocycles. The second-order valence-electron chi connectivity index (χ2n) is 3.64. The number of rotatable bonds is 5. The molecule has 0 fully saturated rings. The van der Waals surface area contributed by atoms with Gasteiger partial charge in [-0.05, 0) is 42.3 Å². The molecule has 0 radical (unpaired) electrons. The van der Waals surface area contributed by atoms with E-state index in [1.807, 2.05) is 13.2 Å². The summed E-state index contributed by atoms with van der Waals surface area (Å²) in [6.45, 7) is 0. The summed E-state index contributed by atoms with van der Waals surface area (Å²) in [5, 5.41) is 7.60. The minimum absolute atomic E-state index is 0.286. The zero-order chi connectivity index (χ0) is 11.2. The van der Waals surface area contributed by atoms with Gasteiger partial charge in [-0.25, -0.2) is 0 Å². The van der Waals surface area contributed by atoms with Crippen LogP contribution in [0.1, 0.15) is 23.7 Å². The van der Waals surface area contributed by atoms with Crippen molar-refractivity contribution in [3.8, 4) is 0 Å². The fourth-order valence-corrected chi connectivity index (χ4v) is 2.38. The maximum Gasteiger partial charge on any atom is 0.0756 e. The molecule has 0 amide bonds. The van der Waals surface area contributed by atoms with Gasteiger partial charge in [0.15, 0.2) is 0 Å². The number of hydrogen-bond donors (Lipinski definition) is 1. The van der Waals surface area contributed by atoms with Crippen LogP contribution in [-0.4, -0.2) is 17.0 Å². The van der Waals surface area contributed by atoms with Crippen molar-refractivity contribution in [3.05, 3.63) is 46.7 Å². The van der Waals surface area contributed by atoms with Crippen molar-refractivity contribution < 1.29 is 0 Å². The summed E-state index contributed by atoms with van der Waals surface area (Å²) < 4.78 is 0. The highest BCUT2D eigenvalue weighted by atomic mass is 32.1. The van der Waals surface area contributed by atoms with E-state index in [-0.39, 0.29) is 6.04 Å². The van der Waals surface area contributed by atoms with E-state index in [9.17, 15) is 0 Å². The van der Waals surface area contributed by atoms with E-state index < -0.39 is 0 Å². The first-order valence-electron chi connectivity index (χ1n) is 5.34. The summed E-state index contributed by atoms with van der Waals surface area (Å²) in [4.78, 5) is 8.43. The molecular formula is C12H15N3S. The van der Waals surface area contributed by atoms with Crippen molar-refractivity contribution >= 4 is 11.3 Å². The second kappa shape index (κ2) is 5.72. The number of thiophene rings is 1. The van der Waals surface area contributed by atoms with Crippen LogP contribution in [0.4, 0.5) is 0 Å². The van der Waals surface area contributed by atoms with E-state index >= 15 is 0 Å². The highest BCUT2D eigenvalue weighted by molar-refractivity contribution is 7.07. The van der Waals surface area contributed by atoms with Gasteiger partial charge >= 0.3 is 0 Å². The first-order valence-corrected chi connectivity index (χ1v) is 6.28. The van der Waals surface area contributed by atoms with E-state index in [2.05, 4.69) is 32.1 Å². The van der Waals surface area contributed by atoms with Crippen molar-refractivity contribution in [2.24, 2.45) is 0 Å². The molecule has 4 heteroatoms. The van der Waals surface area contributed by atoms with Crippen LogP contribution in [0.3, 0.4) is 0 Å². The Hall–Kier alpha value is -1.26. The van der Waals surface area contributed by atoms with Crippen LogP contribution in [0.15, 0.2) is 35.4 Å². The molecule has 2 aromatic rings. The largest absolute Gasteiger partial charge is 0.312 e. The van der Waals surface area contributed by atoms with Gasteiger partial charge in [0.1, 0.15) is 0 Å². The topological polar surface area (TPSA) is 37.8 Å². The third kappa shape index (κ3) is 2.87. The standard InChI is InChI=1S/C12H15N3S/c1-13-11(12-8-14-5-6-15-12)3-2-10-4-7-16-9-10/h4-9,11,13H,2-3H2,1H3. The molecule has 1 atom stereocenters. The molecule has 1 unspecified atom stereocenters. The van der Waals surface area contributed by atoms with Crippen LogP contribution in [0, 0.1) is 0 Å². The third-order valence-corrected chi connectivity index (χ3v) is 3.32. The van der Waals surface area contributed by atoms with Crippen molar-refractivity contribution in [2.45, 2.75) is 18.9 Å². The Morgan fingerprint density at radius 1 is 1.44 bits per heavy atom. The molecule has 2 rings (SSSR count). The predicted molar refractivity (Wildman–Crippen MR) is 66.5 cm³/mol. The number of nitrogens with one attached hydrogen (secondary N) is 1. The number of nitrogens with zero attached hydrogens (tertiary/aromatic N) is 2. The number of aryl methyl sites for hydroxylation is 1. The fourth-order valence-electron chi connectivity index (χ4n) is 1.68. The molecule has 0 aliphatic heterocycles. The lowest BCUT2D eigenvalue weighted by Crippen LogP contribution is -2.18. The van der Waals surface area contributed by atoms with Crippen LogP contribution in [0.25, 0.3) is 0 Å². The summed E-state index contributed by atoms with van der Waals surface area (Å²) in [5.74, 6) is 0. The zero-order valence-corrected chi connectivity index (χ0v) is 10.1. The second-order valence-corrected chi connectivity index (χ2v) is 4.42.